The Balaban J connectivity index is 2.39. The molecule has 1 atom stereocenters. The Hall–Kier alpha value is -2.24. The van der Waals surface area contributed by atoms with Gasteiger partial charge in [0.15, 0.2) is 11.5 Å². The number of ether oxygens (including phenoxy) is 1. The van der Waals surface area contributed by atoms with E-state index in [-0.39, 0.29) is 23.5 Å². The van der Waals surface area contributed by atoms with E-state index >= 15 is 0 Å². The molecular formula is C11H11NO5. The van der Waals surface area contributed by atoms with E-state index in [0.717, 1.165) is 0 Å². The van der Waals surface area contributed by atoms with Gasteiger partial charge in [-0.25, -0.2) is 4.79 Å². The van der Waals surface area contributed by atoms with Crippen molar-refractivity contribution in [3.05, 3.63) is 23.3 Å². The third-order valence-corrected chi connectivity index (χ3v) is 2.66. The number of phenolic OH excluding ortho intramolecular Hbond substituents is 2. The summed E-state index contributed by atoms with van der Waals surface area (Å²) in [7, 11) is 1.23. The Morgan fingerprint density at radius 2 is 2.06 bits per heavy atom. The quantitative estimate of drug-likeness (QED) is 0.469. The van der Waals surface area contributed by atoms with Gasteiger partial charge in [-0.05, 0) is 17.7 Å². The number of benzene rings is 1. The van der Waals surface area contributed by atoms with Gasteiger partial charge in [0.1, 0.15) is 6.04 Å². The van der Waals surface area contributed by atoms with Gasteiger partial charge in [0, 0.05) is 12.0 Å². The molecule has 0 fully saturated rings. The number of esters is 1. The highest BCUT2D eigenvalue weighted by Gasteiger charge is 2.30. The number of nitrogens with one attached hydrogen (secondary N) is 1. The van der Waals surface area contributed by atoms with Gasteiger partial charge in [-0.3, -0.25) is 4.79 Å². The number of carbonyl (C=O) groups excluding carboxylic acids is 2. The van der Waals surface area contributed by atoms with Crippen LogP contribution in [0.2, 0.25) is 0 Å². The highest BCUT2D eigenvalue weighted by Crippen LogP contribution is 2.30. The molecule has 0 bridgehead atoms. The molecular weight excluding hydrogens is 226 g/mol. The molecule has 1 aromatic carbocycles. The molecule has 6 heteroatoms. The summed E-state index contributed by atoms with van der Waals surface area (Å²) in [5.74, 6) is -1.70. The number of amides is 1. The number of hydrogen-bond donors (Lipinski definition) is 3. The fourth-order valence-electron chi connectivity index (χ4n) is 1.79. The Morgan fingerprint density at radius 3 is 2.71 bits per heavy atom. The van der Waals surface area contributed by atoms with Gasteiger partial charge in [0.05, 0.1) is 7.11 Å². The molecule has 1 aliphatic heterocycles. The van der Waals surface area contributed by atoms with Crippen molar-refractivity contribution in [2.45, 2.75) is 12.5 Å². The molecule has 17 heavy (non-hydrogen) atoms. The van der Waals surface area contributed by atoms with Crippen LogP contribution >= 0.6 is 0 Å². The standard InChI is InChI=1S/C11H11NO5/c1-17-11(16)7-2-5-3-8(13)9(14)4-6(5)10(15)12-7/h3-4,7,13-14H,2H2,1H3,(H,12,15)/t7-/m0/s1. The molecule has 0 saturated heterocycles. The normalized spacial score (nSPS) is 18.2. The third kappa shape index (κ3) is 1.89. The second-order valence-corrected chi connectivity index (χ2v) is 3.75. The molecule has 0 unspecified atom stereocenters. The average Bonchev–Trinajstić information content (AvgIpc) is 2.30. The smallest absolute Gasteiger partial charge is 0.328 e. The number of rotatable bonds is 1. The zero-order valence-corrected chi connectivity index (χ0v) is 9.06. The van der Waals surface area contributed by atoms with Crippen molar-refractivity contribution >= 4 is 11.9 Å². The molecule has 3 N–H and O–H groups in total. The number of phenols is 2. The minimum absolute atomic E-state index is 0.224. The predicted molar refractivity (Wildman–Crippen MR) is 56.7 cm³/mol. The van der Waals surface area contributed by atoms with Crippen molar-refractivity contribution in [1.29, 1.82) is 0 Å². The minimum Gasteiger partial charge on any atom is -0.504 e. The number of methoxy groups -OCH3 is 1. The molecule has 0 radical (unpaired) electrons. The Morgan fingerprint density at radius 1 is 1.41 bits per heavy atom. The second kappa shape index (κ2) is 3.97. The van der Waals surface area contributed by atoms with Gasteiger partial charge in [-0.15, -0.1) is 0 Å². The summed E-state index contributed by atoms with van der Waals surface area (Å²) in [5.41, 5.74) is 0.750. The van der Waals surface area contributed by atoms with Crippen LogP contribution in [0.15, 0.2) is 12.1 Å². The van der Waals surface area contributed by atoms with Gasteiger partial charge in [-0.1, -0.05) is 0 Å². The van der Waals surface area contributed by atoms with Crippen LogP contribution in [-0.4, -0.2) is 35.2 Å². The first-order chi connectivity index (χ1) is 8.02. The first kappa shape index (κ1) is 11.3. The molecule has 1 heterocycles. The predicted octanol–water partition coefficient (Wildman–Crippen LogP) is -0.0747. The molecule has 90 valence electrons. The van der Waals surface area contributed by atoms with Gasteiger partial charge in [-0.2, -0.15) is 0 Å². The molecule has 0 aliphatic carbocycles. The second-order valence-electron chi connectivity index (χ2n) is 3.75. The molecule has 2 rings (SSSR count). The lowest BCUT2D eigenvalue weighted by Gasteiger charge is -2.23. The van der Waals surface area contributed by atoms with Crippen LogP contribution in [0.1, 0.15) is 15.9 Å². The highest BCUT2D eigenvalue weighted by atomic mass is 16.5. The van der Waals surface area contributed by atoms with E-state index in [2.05, 4.69) is 10.1 Å². The van der Waals surface area contributed by atoms with E-state index in [9.17, 15) is 19.8 Å². The molecule has 0 spiro atoms. The van der Waals surface area contributed by atoms with Crippen molar-refractivity contribution in [3.8, 4) is 11.5 Å². The maximum Gasteiger partial charge on any atom is 0.328 e. The van der Waals surface area contributed by atoms with Crippen molar-refractivity contribution < 1.29 is 24.5 Å². The van der Waals surface area contributed by atoms with Crippen molar-refractivity contribution in [2.75, 3.05) is 7.11 Å². The number of hydrogen-bond acceptors (Lipinski definition) is 5. The Labute approximate surface area is 96.8 Å². The van der Waals surface area contributed by atoms with E-state index in [1.807, 2.05) is 0 Å². The summed E-state index contributed by atoms with van der Waals surface area (Å²) in [4.78, 5) is 23.0. The van der Waals surface area contributed by atoms with E-state index in [4.69, 9.17) is 0 Å². The zero-order chi connectivity index (χ0) is 12.6. The first-order valence-electron chi connectivity index (χ1n) is 4.96. The molecule has 1 aromatic rings. The van der Waals surface area contributed by atoms with E-state index in [1.165, 1.54) is 19.2 Å². The highest BCUT2D eigenvalue weighted by molar-refractivity contribution is 6.00. The summed E-state index contributed by atoms with van der Waals surface area (Å²) in [6, 6.07) is 1.69. The SMILES string of the molecule is COC(=O)[C@@H]1Cc2cc(O)c(O)cc2C(=O)N1. The first-order valence-corrected chi connectivity index (χ1v) is 4.96. The van der Waals surface area contributed by atoms with Crippen molar-refractivity contribution in [2.24, 2.45) is 0 Å². The summed E-state index contributed by atoms with van der Waals surface area (Å²) < 4.78 is 4.54. The third-order valence-electron chi connectivity index (χ3n) is 2.66. The van der Waals surface area contributed by atoms with Crippen LogP contribution in [0, 0.1) is 0 Å². The number of fused-ring (bicyclic) bond motifs is 1. The molecule has 1 amide bonds. The van der Waals surface area contributed by atoms with E-state index in [0.29, 0.717) is 5.56 Å². The molecule has 0 saturated carbocycles. The van der Waals surface area contributed by atoms with E-state index in [1.54, 1.807) is 0 Å². The van der Waals surface area contributed by atoms with Crippen LogP contribution in [-0.2, 0) is 16.0 Å². The van der Waals surface area contributed by atoms with Crippen molar-refractivity contribution in [1.82, 2.24) is 5.32 Å². The van der Waals surface area contributed by atoms with Gasteiger partial charge < -0.3 is 20.3 Å². The lowest BCUT2D eigenvalue weighted by Crippen LogP contribution is -2.46. The van der Waals surface area contributed by atoms with E-state index < -0.39 is 17.9 Å². The lowest BCUT2D eigenvalue weighted by molar-refractivity contribution is -0.142. The van der Waals surface area contributed by atoms with Crippen LogP contribution in [0.5, 0.6) is 11.5 Å². The maximum absolute atomic E-state index is 11.7. The fourth-order valence-corrected chi connectivity index (χ4v) is 1.79. The minimum atomic E-state index is -0.760. The average molecular weight is 237 g/mol. The largest absolute Gasteiger partial charge is 0.504 e. The Kier molecular flexibility index (Phi) is 2.63. The number of carbonyl (C=O) groups is 2. The zero-order valence-electron chi connectivity index (χ0n) is 9.06. The summed E-state index contributed by atoms with van der Waals surface area (Å²) >= 11 is 0. The van der Waals surface area contributed by atoms with Gasteiger partial charge in [0.25, 0.3) is 5.91 Å². The van der Waals surface area contributed by atoms with Crippen LogP contribution < -0.4 is 5.32 Å². The van der Waals surface area contributed by atoms with Crippen molar-refractivity contribution in [3.63, 3.8) is 0 Å². The molecule has 6 nitrogen and oxygen atoms in total. The summed E-state index contributed by atoms with van der Waals surface area (Å²) in [6.07, 6.45) is 0.224. The summed E-state index contributed by atoms with van der Waals surface area (Å²) in [5, 5.41) is 21.1. The topological polar surface area (TPSA) is 95.9 Å². The Bertz CT molecular complexity index is 497. The molecule has 1 aliphatic rings. The lowest BCUT2D eigenvalue weighted by atomic mass is 9.94. The van der Waals surface area contributed by atoms with Gasteiger partial charge in [0.2, 0.25) is 0 Å². The van der Waals surface area contributed by atoms with Crippen LogP contribution in [0.4, 0.5) is 0 Å². The summed E-state index contributed by atoms with van der Waals surface area (Å²) in [6.45, 7) is 0. The van der Waals surface area contributed by atoms with Crippen LogP contribution in [0.25, 0.3) is 0 Å². The monoisotopic (exact) mass is 237 g/mol. The number of aromatic hydroxyl groups is 2. The fraction of sp³-hybridized carbons (Fsp3) is 0.273. The molecule has 0 aromatic heterocycles. The van der Waals surface area contributed by atoms with Crippen LogP contribution in [0.3, 0.4) is 0 Å². The van der Waals surface area contributed by atoms with Gasteiger partial charge >= 0.3 is 5.97 Å². The maximum atomic E-state index is 11.7.